The molecule has 0 spiro atoms. The zero-order valence-corrected chi connectivity index (χ0v) is 15.0. The molecule has 2 aromatic rings. The third kappa shape index (κ3) is 4.95. The van der Waals surface area contributed by atoms with Gasteiger partial charge in [-0.1, -0.05) is 6.07 Å². The minimum atomic E-state index is -0.312. The topological polar surface area (TPSA) is 67.4 Å². The smallest absolute Gasteiger partial charge is 0.251 e. The maximum Gasteiger partial charge on any atom is 0.251 e. The van der Waals surface area contributed by atoms with Gasteiger partial charge in [0.25, 0.3) is 5.91 Å². The molecule has 2 N–H and O–H groups in total. The first kappa shape index (κ1) is 17.3. The number of hydrogen-bond acceptors (Lipinski definition) is 3. The lowest BCUT2D eigenvalue weighted by molar-refractivity contribution is -0.115. The van der Waals surface area contributed by atoms with Crippen LogP contribution in [-0.2, 0) is 4.79 Å². The minimum absolute atomic E-state index is 0.109. The number of carbonyl (C=O) groups excluding carboxylic acids is 2. The monoisotopic (exact) mass is 424 g/mol. The molecule has 0 radical (unpaired) electrons. The zero-order valence-electron chi connectivity index (χ0n) is 12.9. The van der Waals surface area contributed by atoms with Gasteiger partial charge in [-0.15, -0.1) is 0 Å². The molecule has 5 nitrogen and oxygen atoms in total. The van der Waals surface area contributed by atoms with E-state index in [1.165, 1.54) is 0 Å². The lowest BCUT2D eigenvalue weighted by atomic mass is 10.2. The Morgan fingerprint density at radius 2 is 1.83 bits per heavy atom. The highest BCUT2D eigenvalue weighted by Gasteiger charge is 2.10. The van der Waals surface area contributed by atoms with Gasteiger partial charge in [0.05, 0.1) is 19.3 Å². The molecule has 0 aliphatic heterocycles. The number of halogens is 1. The van der Waals surface area contributed by atoms with E-state index in [4.69, 9.17) is 4.74 Å². The maximum absolute atomic E-state index is 12.0. The number of aryl methyl sites for hydroxylation is 1. The second-order valence-electron chi connectivity index (χ2n) is 4.94. The number of nitrogens with one attached hydrogen (secondary N) is 2. The molecule has 23 heavy (non-hydrogen) atoms. The number of ether oxygens (including phenoxy) is 1. The van der Waals surface area contributed by atoms with Crippen molar-refractivity contribution in [2.75, 3.05) is 19.0 Å². The maximum atomic E-state index is 12.0. The molecular formula is C17H17IN2O3. The van der Waals surface area contributed by atoms with Crippen molar-refractivity contribution in [1.82, 2.24) is 5.32 Å². The average Bonchev–Trinajstić information content (AvgIpc) is 2.53. The first-order valence-electron chi connectivity index (χ1n) is 6.98. The third-order valence-electron chi connectivity index (χ3n) is 3.14. The summed E-state index contributed by atoms with van der Waals surface area (Å²) in [5.74, 6) is -0.0200. The van der Waals surface area contributed by atoms with E-state index in [-0.39, 0.29) is 18.4 Å². The Balaban J connectivity index is 1.94. The van der Waals surface area contributed by atoms with Crippen molar-refractivity contribution in [3.8, 4) is 5.75 Å². The van der Waals surface area contributed by atoms with E-state index in [1.54, 1.807) is 25.3 Å². The van der Waals surface area contributed by atoms with E-state index in [0.717, 1.165) is 9.13 Å². The van der Waals surface area contributed by atoms with Gasteiger partial charge in [0.15, 0.2) is 0 Å². The quantitative estimate of drug-likeness (QED) is 0.726. The number of anilines is 1. The second kappa shape index (κ2) is 7.96. The summed E-state index contributed by atoms with van der Waals surface area (Å²) in [7, 11) is 1.54. The van der Waals surface area contributed by atoms with E-state index in [9.17, 15) is 9.59 Å². The summed E-state index contributed by atoms with van der Waals surface area (Å²) in [5.41, 5.74) is 2.11. The van der Waals surface area contributed by atoms with Crippen LogP contribution in [0.5, 0.6) is 5.75 Å². The van der Waals surface area contributed by atoms with Crippen LogP contribution in [0.25, 0.3) is 0 Å². The van der Waals surface area contributed by atoms with Gasteiger partial charge in [-0.05, 0) is 71.5 Å². The highest BCUT2D eigenvalue weighted by molar-refractivity contribution is 14.1. The molecule has 0 aliphatic carbocycles. The van der Waals surface area contributed by atoms with Gasteiger partial charge in [0.1, 0.15) is 5.75 Å². The fraction of sp³-hybridized carbons (Fsp3) is 0.176. The average molecular weight is 424 g/mol. The van der Waals surface area contributed by atoms with E-state index >= 15 is 0 Å². The largest absolute Gasteiger partial charge is 0.495 e. The number of benzene rings is 2. The highest BCUT2D eigenvalue weighted by atomic mass is 127. The first-order chi connectivity index (χ1) is 11.0. The van der Waals surface area contributed by atoms with Gasteiger partial charge in [0, 0.05) is 9.13 Å². The van der Waals surface area contributed by atoms with Crippen molar-refractivity contribution in [2.24, 2.45) is 0 Å². The summed E-state index contributed by atoms with van der Waals surface area (Å²) in [4.78, 5) is 24.0. The summed E-state index contributed by atoms with van der Waals surface area (Å²) < 4.78 is 6.25. The summed E-state index contributed by atoms with van der Waals surface area (Å²) >= 11 is 2.17. The summed E-state index contributed by atoms with van der Waals surface area (Å²) in [6, 6.07) is 12.6. The number of amides is 2. The molecule has 0 aromatic heterocycles. The van der Waals surface area contributed by atoms with Crippen LogP contribution in [0.2, 0.25) is 0 Å². The molecule has 0 saturated carbocycles. The molecule has 2 amide bonds. The molecule has 0 saturated heterocycles. The fourth-order valence-corrected chi connectivity index (χ4v) is 2.34. The molecule has 120 valence electrons. The summed E-state index contributed by atoms with van der Waals surface area (Å²) in [6.45, 7) is 1.82. The van der Waals surface area contributed by atoms with Gasteiger partial charge in [-0.3, -0.25) is 9.59 Å². The Morgan fingerprint density at radius 1 is 1.13 bits per heavy atom. The van der Waals surface area contributed by atoms with E-state index in [0.29, 0.717) is 17.0 Å². The molecule has 2 aromatic carbocycles. The van der Waals surface area contributed by atoms with Crippen molar-refractivity contribution in [1.29, 1.82) is 0 Å². The van der Waals surface area contributed by atoms with Crippen LogP contribution in [0, 0.1) is 10.5 Å². The Bertz CT molecular complexity index is 714. The Morgan fingerprint density at radius 3 is 2.48 bits per heavy atom. The SMILES string of the molecule is COc1ccc(C)cc1NC(=O)CNC(=O)c1ccc(I)cc1. The molecule has 0 bridgehead atoms. The normalized spacial score (nSPS) is 10.0. The van der Waals surface area contributed by atoms with Crippen LogP contribution in [0.15, 0.2) is 42.5 Å². The highest BCUT2D eigenvalue weighted by Crippen LogP contribution is 2.24. The second-order valence-corrected chi connectivity index (χ2v) is 6.19. The van der Waals surface area contributed by atoms with Crippen LogP contribution in [0.1, 0.15) is 15.9 Å². The summed E-state index contributed by atoms with van der Waals surface area (Å²) in [5, 5.41) is 5.33. The van der Waals surface area contributed by atoms with E-state index in [1.807, 2.05) is 31.2 Å². The van der Waals surface area contributed by atoms with Crippen LogP contribution >= 0.6 is 22.6 Å². The van der Waals surface area contributed by atoms with Gasteiger partial charge < -0.3 is 15.4 Å². The molecule has 0 atom stereocenters. The number of carbonyl (C=O) groups is 2. The van der Waals surface area contributed by atoms with E-state index in [2.05, 4.69) is 33.2 Å². The number of hydrogen-bond donors (Lipinski definition) is 2. The lowest BCUT2D eigenvalue weighted by Crippen LogP contribution is -2.32. The van der Waals surface area contributed by atoms with Crippen molar-refractivity contribution in [2.45, 2.75) is 6.92 Å². The van der Waals surface area contributed by atoms with Gasteiger partial charge in [-0.25, -0.2) is 0 Å². The fourth-order valence-electron chi connectivity index (χ4n) is 1.98. The molecule has 0 heterocycles. The van der Waals surface area contributed by atoms with Crippen LogP contribution in [-0.4, -0.2) is 25.5 Å². The van der Waals surface area contributed by atoms with Crippen molar-refractivity contribution >= 4 is 40.1 Å². The summed E-state index contributed by atoms with van der Waals surface area (Å²) in [6.07, 6.45) is 0. The van der Waals surface area contributed by atoms with E-state index < -0.39 is 0 Å². The molecule has 0 aliphatic rings. The van der Waals surface area contributed by atoms with Crippen LogP contribution in [0.3, 0.4) is 0 Å². The molecule has 6 heteroatoms. The van der Waals surface area contributed by atoms with Crippen LogP contribution in [0.4, 0.5) is 5.69 Å². The zero-order chi connectivity index (χ0) is 16.8. The number of methoxy groups -OCH3 is 1. The van der Waals surface area contributed by atoms with Gasteiger partial charge in [-0.2, -0.15) is 0 Å². The Kier molecular flexibility index (Phi) is 5.97. The van der Waals surface area contributed by atoms with Crippen molar-refractivity contribution in [3.05, 3.63) is 57.2 Å². The number of rotatable bonds is 5. The molecule has 2 rings (SSSR count). The predicted octanol–water partition coefficient (Wildman–Crippen LogP) is 2.98. The van der Waals surface area contributed by atoms with Gasteiger partial charge >= 0.3 is 0 Å². The third-order valence-corrected chi connectivity index (χ3v) is 3.86. The Hall–Kier alpha value is -2.09. The Labute approximate surface area is 148 Å². The predicted molar refractivity (Wildman–Crippen MR) is 97.9 cm³/mol. The molecule has 0 fully saturated rings. The van der Waals surface area contributed by atoms with Crippen molar-refractivity contribution < 1.29 is 14.3 Å². The first-order valence-corrected chi connectivity index (χ1v) is 8.05. The lowest BCUT2D eigenvalue weighted by Gasteiger charge is -2.11. The standard InChI is InChI=1S/C17H17IN2O3/c1-11-3-8-15(23-2)14(9-11)20-16(21)10-19-17(22)12-4-6-13(18)7-5-12/h3-9H,10H2,1-2H3,(H,19,22)(H,20,21). The molecular weight excluding hydrogens is 407 g/mol. The van der Waals surface area contributed by atoms with Gasteiger partial charge in [0.2, 0.25) is 5.91 Å². The van der Waals surface area contributed by atoms with Crippen molar-refractivity contribution in [3.63, 3.8) is 0 Å². The van der Waals surface area contributed by atoms with Crippen LogP contribution < -0.4 is 15.4 Å². The minimum Gasteiger partial charge on any atom is -0.495 e. The molecule has 0 unspecified atom stereocenters.